The van der Waals surface area contributed by atoms with E-state index in [2.05, 4.69) is 44.6 Å². The fraction of sp³-hybridized carbons (Fsp3) is 0.294. The Kier molecular flexibility index (Phi) is 4.19. The van der Waals surface area contributed by atoms with E-state index in [1.165, 1.54) is 11.1 Å². The first-order valence-electron chi connectivity index (χ1n) is 7.84. The minimum Gasteiger partial charge on any atom is -0.314 e. The van der Waals surface area contributed by atoms with Gasteiger partial charge in [0.15, 0.2) is 5.82 Å². The topological polar surface area (TPSA) is 46.0 Å². The van der Waals surface area contributed by atoms with Gasteiger partial charge in [-0.3, -0.25) is 4.90 Å². The lowest BCUT2D eigenvalue weighted by Gasteiger charge is -2.27. The third-order valence-corrected chi connectivity index (χ3v) is 4.71. The van der Waals surface area contributed by atoms with Crippen LogP contribution in [0.25, 0.3) is 16.9 Å². The molecule has 4 rings (SSSR count). The predicted octanol–water partition coefficient (Wildman–Crippen LogP) is 2.40. The van der Waals surface area contributed by atoms with E-state index in [0.717, 1.165) is 44.1 Å². The Morgan fingerprint density at radius 3 is 2.65 bits per heavy atom. The molecule has 0 amide bonds. The molecule has 0 unspecified atom stereocenters. The van der Waals surface area contributed by atoms with Crippen LogP contribution in [0.2, 0.25) is 0 Å². The number of piperazine rings is 1. The third kappa shape index (κ3) is 3.34. The molecule has 1 saturated heterocycles. The maximum Gasteiger partial charge on any atom is 0.164 e. The molecule has 3 aromatic rings. The summed E-state index contributed by atoms with van der Waals surface area (Å²) in [4.78, 5) is 6.77. The highest BCUT2D eigenvalue weighted by molar-refractivity contribution is 7.07. The van der Waals surface area contributed by atoms with Crippen molar-refractivity contribution in [3.8, 4) is 16.9 Å². The first-order valence-corrected chi connectivity index (χ1v) is 8.78. The number of nitrogens with one attached hydrogen (secondary N) is 1. The van der Waals surface area contributed by atoms with Gasteiger partial charge in [-0.2, -0.15) is 5.10 Å². The molecule has 2 aromatic heterocycles. The molecule has 1 aliphatic rings. The van der Waals surface area contributed by atoms with Crippen LogP contribution in [0.15, 0.2) is 47.5 Å². The summed E-state index contributed by atoms with van der Waals surface area (Å²) in [6.07, 6.45) is 3.92. The van der Waals surface area contributed by atoms with Crippen LogP contribution in [0, 0.1) is 0 Å². The van der Waals surface area contributed by atoms with E-state index in [1.807, 2.05) is 28.0 Å². The molecule has 23 heavy (non-hydrogen) atoms. The van der Waals surface area contributed by atoms with Gasteiger partial charge in [-0.05, 0) is 11.1 Å². The fourth-order valence-electron chi connectivity index (χ4n) is 2.85. The number of benzene rings is 1. The lowest BCUT2D eigenvalue weighted by Crippen LogP contribution is -2.42. The summed E-state index contributed by atoms with van der Waals surface area (Å²) in [5.41, 5.74) is 5.49. The summed E-state index contributed by atoms with van der Waals surface area (Å²) in [6.45, 7) is 5.46. The quantitative estimate of drug-likeness (QED) is 0.800. The first-order chi connectivity index (χ1) is 11.4. The largest absolute Gasteiger partial charge is 0.314 e. The Bertz CT molecular complexity index is 742. The van der Waals surface area contributed by atoms with Crippen molar-refractivity contribution in [2.24, 2.45) is 0 Å². The van der Waals surface area contributed by atoms with Crippen molar-refractivity contribution in [2.75, 3.05) is 26.2 Å². The van der Waals surface area contributed by atoms with Gasteiger partial charge in [-0.25, -0.2) is 9.67 Å². The molecule has 5 nitrogen and oxygen atoms in total. The van der Waals surface area contributed by atoms with E-state index in [1.54, 1.807) is 11.3 Å². The number of hydrogen-bond acceptors (Lipinski definition) is 5. The van der Waals surface area contributed by atoms with E-state index < -0.39 is 0 Å². The lowest BCUT2D eigenvalue weighted by molar-refractivity contribution is 0.233. The van der Waals surface area contributed by atoms with Gasteiger partial charge in [0, 0.05) is 49.9 Å². The summed E-state index contributed by atoms with van der Waals surface area (Å²) in [5, 5.41) is 9.78. The summed E-state index contributed by atoms with van der Waals surface area (Å²) in [7, 11) is 0. The highest BCUT2D eigenvalue weighted by Crippen LogP contribution is 2.21. The van der Waals surface area contributed by atoms with Crippen molar-refractivity contribution in [1.82, 2.24) is 25.0 Å². The van der Waals surface area contributed by atoms with Crippen molar-refractivity contribution in [3.63, 3.8) is 0 Å². The number of nitrogens with zero attached hydrogens (tertiary/aromatic N) is 4. The Hall–Kier alpha value is -2.02. The van der Waals surface area contributed by atoms with E-state index in [-0.39, 0.29) is 0 Å². The Labute approximate surface area is 139 Å². The predicted molar refractivity (Wildman–Crippen MR) is 92.8 cm³/mol. The summed E-state index contributed by atoms with van der Waals surface area (Å²) in [5.74, 6) is 0.872. The fourth-order valence-corrected chi connectivity index (χ4v) is 3.37. The van der Waals surface area contributed by atoms with Crippen LogP contribution in [0.4, 0.5) is 0 Å². The standard InChI is InChI=1S/C17H19N5S/c1-3-15(4-2-14(1)10-21-7-5-18-6-8-21)16-9-20-22(11-16)17-12-23-13-19-17/h1-4,9,11-13,18H,5-8,10H2. The zero-order chi connectivity index (χ0) is 15.5. The molecule has 6 heteroatoms. The van der Waals surface area contributed by atoms with Gasteiger partial charge >= 0.3 is 0 Å². The summed E-state index contributed by atoms with van der Waals surface area (Å²) >= 11 is 1.58. The van der Waals surface area contributed by atoms with Gasteiger partial charge < -0.3 is 5.32 Å². The molecule has 118 valence electrons. The van der Waals surface area contributed by atoms with Crippen molar-refractivity contribution < 1.29 is 0 Å². The molecule has 0 bridgehead atoms. The van der Waals surface area contributed by atoms with Crippen LogP contribution in [-0.4, -0.2) is 45.8 Å². The minimum absolute atomic E-state index is 0.872. The third-order valence-electron chi connectivity index (χ3n) is 4.14. The van der Waals surface area contributed by atoms with Crippen LogP contribution in [0.5, 0.6) is 0 Å². The maximum absolute atomic E-state index is 4.40. The smallest absolute Gasteiger partial charge is 0.164 e. The van der Waals surface area contributed by atoms with Crippen molar-refractivity contribution in [3.05, 3.63) is 53.1 Å². The van der Waals surface area contributed by atoms with E-state index >= 15 is 0 Å². The van der Waals surface area contributed by atoms with Crippen molar-refractivity contribution in [1.29, 1.82) is 0 Å². The van der Waals surface area contributed by atoms with Gasteiger partial charge in [0.05, 0.1) is 11.7 Å². The van der Waals surface area contributed by atoms with Crippen molar-refractivity contribution >= 4 is 11.3 Å². The van der Waals surface area contributed by atoms with Crippen LogP contribution < -0.4 is 5.32 Å². The number of rotatable bonds is 4. The Morgan fingerprint density at radius 1 is 1.09 bits per heavy atom. The zero-order valence-electron chi connectivity index (χ0n) is 12.9. The normalized spacial score (nSPS) is 15.8. The average molecular weight is 325 g/mol. The molecule has 1 aromatic carbocycles. The highest BCUT2D eigenvalue weighted by atomic mass is 32.1. The van der Waals surface area contributed by atoms with E-state index in [9.17, 15) is 0 Å². The van der Waals surface area contributed by atoms with Crippen LogP contribution in [-0.2, 0) is 6.54 Å². The van der Waals surface area contributed by atoms with Crippen molar-refractivity contribution in [2.45, 2.75) is 6.54 Å². The van der Waals surface area contributed by atoms with Crippen LogP contribution in [0.1, 0.15) is 5.56 Å². The monoisotopic (exact) mass is 325 g/mol. The zero-order valence-corrected chi connectivity index (χ0v) is 13.7. The van der Waals surface area contributed by atoms with E-state index in [0.29, 0.717) is 0 Å². The molecular weight excluding hydrogens is 306 g/mol. The van der Waals surface area contributed by atoms with Gasteiger partial charge in [-0.1, -0.05) is 24.3 Å². The van der Waals surface area contributed by atoms with Gasteiger partial charge in [0.2, 0.25) is 0 Å². The average Bonchev–Trinajstić information content (AvgIpc) is 3.28. The van der Waals surface area contributed by atoms with Crippen LogP contribution in [0.3, 0.4) is 0 Å². The second kappa shape index (κ2) is 6.62. The maximum atomic E-state index is 4.40. The second-order valence-electron chi connectivity index (χ2n) is 5.74. The number of thiazole rings is 1. The molecule has 0 radical (unpaired) electrons. The number of aromatic nitrogens is 3. The van der Waals surface area contributed by atoms with Gasteiger partial charge in [-0.15, -0.1) is 11.3 Å². The molecule has 1 aliphatic heterocycles. The molecule has 0 saturated carbocycles. The van der Waals surface area contributed by atoms with Crippen LogP contribution >= 0.6 is 11.3 Å². The molecule has 1 fully saturated rings. The SMILES string of the molecule is c1nc(-n2cc(-c3ccc(CN4CCNCC4)cc3)cn2)cs1. The van der Waals surface area contributed by atoms with Gasteiger partial charge in [0.25, 0.3) is 0 Å². The Balaban J connectivity index is 1.47. The first kappa shape index (κ1) is 14.6. The molecule has 1 N–H and O–H groups in total. The molecule has 0 spiro atoms. The highest BCUT2D eigenvalue weighted by Gasteiger charge is 2.10. The van der Waals surface area contributed by atoms with E-state index in [4.69, 9.17) is 0 Å². The Morgan fingerprint density at radius 2 is 1.91 bits per heavy atom. The van der Waals surface area contributed by atoms with Gasteiger partial charge in [0.1, 0.15) is 0 Å². The summed E-state index contributed by atoms with van der Waals surface area (Å²) in [6, 6.07) is 8.80. The molecule has 0 aliphatic carbocycles. The molecule has 0 atom stereocenters. The second-order valence-corrected chi connectivity index (χ2v) is 6.46. The molecule has 3 heterocycles. The minimum atomic E-state index is 0.872. The lowest BCUT2D eigenvalue weighted by atomic mass is 10.1. The number of hydrogen-bond donors (Lipinski definition) is 1. The molecular formula is C17H19N5S. The summed E-state index contributed by atoms with van der Waals surface area (Å²) < 4.78 is 1.82.